The normalized spacial score (nSPS) is 11.5. The first-order valence-corrected chi connectivity index (χ1v) is 13.4. The van der Waals surface area contributed by atoms with Crippen LogP contribution in [0.1, 0.15) is 0 Å². The van der Waals surface area contributed by atoms with Crippen LogP contribution < -0.4 is 0 Å². The molecule has 8 rings (SSSR count). The highest BCUT2D eigenvalue weighted by Crippen LogP contribution is 2.44. The molecule has 0 amide bonds. The third-order valence-corrected chi connectivity index (χ3v) is 7.94. The van der Waals surface area contributed by atoms with E-state index in [0.29, 0.717) is 5.69 Å². The van der Waals surface area contributed by atoms with E-state index in [-0.39, 0.29) is 0 Å². The summed E-state index contributed by atoms with van der Waals surface area (Å²) in [4.78, 5) is 3.90. The summed E-state index contributed by atoms with van der Waals surface area (Å²) in [5.74, 6) is 0. The zero-order valence-corrected chi connectivity index (χ0v) is 21.6. The van der Waals surface area contributed by atoms with Crippen molar-refractivity contribution < 1.29 is 0 Å². The van der Waals surface area contributed by atoms with Crippen LogP contribution in [-0.4, -0.2) is 9.13 Å². The van der Waals surface area contributed by atoms with Crippen molar-refractivity contribution in [3.8, 4) is 22.5 Å². The summed E-state index contributed by atoms with van der Waals surface area (Å²) in [5, 5.41) is 4.82. The van der Waals surface area contributed by atoms with E-state index < -0.39 is 0 Å². The summed E-state index contributed by atoms with van der Waals surface area (Å²) in [6.45, 7) is 7.92. The first-order valence-electron chi connectivity index (χ1n) is 13.4. The van der Waals surface area contributed by atoms with Crippen LogP contribution in [-0.2, 0) is 0 Å². The van der Waals surface area contributed by atoms with Gasteiger partial charge in [0.1, 0.15) is 0 Å². The van der Waals surface area contributed by atoms with Crippen molar-refractivity contribution >= 4 is 49.3 Å². The van der Waals surface area contributed by atoms with E-state index in [1.54, 1.807) is 0 Å². The predicted molar refractivity (Wildman–Crippen MR) is 167 cm³/mol. The van der Waals surface area contributed by atoms with Gasteiger partial charge in [-0.1, -0.05) is 103 Å². The van der Waals surface area contributed by atoms with E-state index in [2.05, 4.69) is 135 Å². The van der Waals surface area contributed by atoms with Crippen molar-refractivity contribution in [2.45, 2.75) is 0 Å². The molecule has 186 valence electrons. The number of nitrogens with zero attached hydrogens (tertiary/aromatic N) is 3. The lowest BCUT2D eigenvalue weighted by Crippen LogP contribution is -1.96. The van der Waals surface area contributed by atoms with Gasteiger partial charge in [0.05, 0.1) is 40.0 Å². The molecule has 0 fully saturated rings. The van der Waals surface area contributed by atoms with Gasteiger partial charge in [-0.3, -0.25) is 0 Å². The second kappa shape index (κ2) is 8.73. The molecule has 3 heteroatoms. The summed E-state index contributed by atoms with van der Waals surface area (Å²) in [6.07, 6.45) is 0. The van der Waals surface area contributed by atoms with E-state index in [4.69, 9.17) is 6.57 Å². The lowest BCUT2D eigenvalue weighted by molar-refractivity contribution is 1.17. The standard InChI is InChI=1S/C37H23N3/c1-38-29-18-7-10-21-32(29)40-33-22-11-17-26(25-13-3-2-4-14-25)36(33)37-34(23-12-24-35(37)40)39-30-19-8-5-15-27(30)28-16-6-9-20-31(28)39/h2-24H. The Labute approximate surface area is 231 Å². The molecule has 0 bridgehead atoms. The van der Waals surface area contributed by atoms with Gasteiger partial charge in [0.2, 0.25) is 5.69 Å². The lowest BCUT2D eigenvalue weighted by Gasteiger charge is -2.12. The number of benzene rings is 6. The van der Waals surface area contributed by atoms with Crippen molar-refractivity contribution in [2.75, 3.05) is 0 Å². The molecule has 0 saturated heterocycles. The fraction of sp³-hybridized carbons (Fsp3) is 0. The quantitative estimate of drug-likeness (QED) is 0.210. The molecule has 0 spiro atoms. The van der Waals surface area contributed by atoms with Crippen molar-refractivity contribution in [1.29, 1.82) is 0 Å². The van der Waals surface area contributed by atoms with E-state index in [9.17, 15) is 0 Å². The van der Waals surface area contributed by atoms with Crippen LogP contribution in [0, 0.1) is 6.57 Å². The van der Waals surface area contributed by atoms with Crippen LogP contribution in [0.2, 0.25) is 0 Å². The van der Waals surface area contributed by atoms with Gasteiger partial charge in [-0.25, -0.2) is 4.85 Å². The fourth-order valence-electron chi connectivity index (χ4n) is 6.32. The molecule has 2 aromatic heterocycles. The number of fused-ring (bicyclic) bond motifs is 6. The lowest BCUT2D eigenvalue weighted by atomic mass is 9.99. The van der Waals surface area contributed by atoms with E-state index in [1.807, 2.05) is 18.2 Å². The third kappa shape index (κ3) is 3.11. The Morgan fingerprint density at radius 2 is 0.950 bits per heavy atom. The Bertz CT molecular complexity index is 2220. The Hall–Kier alpha value is -5.59. The van der Waals surface area contributed by atoms with Gasteiger partial charge >= 0.3 is 0 Å². The average molecular weight is 510 g/mol. The van der Waals surface area contributed by atoms with Crippen molar-refractivity contribution in [2.24, 2.45) is 0 Å². The monoisotopic (exact) mass is 509 g/mol. The van der Waals surface area contributed by atoms with Crippen LogP contribution in [0.5, 0.6) is 0 Å². The van der Waals surface area contributed by atoms with Crippen molar-refractivity contribution in [3.63, 3.8) is 0 Å². The summed E-state index contributed by atoms with van der Waals surface area (Å²) in [5.41, 5.74) is 9.51. The molecule has 0 saturated carbocycles. The van der Waals surface area contributed by atoms with Gasteiger partial charge < -0.3 is 9.13 Å². The first kappa shape index (κ1) is 22.4. The predicted octanol–water partition coefficient (Wildman–Crippen LogP) is 10.1. The molecule has 40 heavy (non-hydrogen) atoms. The second-order valence-electron chi connectivity index (χ2n) is 10.0. The average Bonchev–Trinajstić information content (AvgIpc) is 3.54. The van der Waals surface area contributed by atoms with Crippen LogP contribution >= 0.6 is 0 Å². The summed E-state index contributed by atoms with van der Waals surface area (Å²) >= 11 is 0. The van der Waals surface area contributed by atoms with Gasteiger partial charge in [-0.2, -0.15) is 0 Å². The summed E-state index contributed by atoms with van der Waals surface area (Å²) in [7, 11) is 0. The van der Waals surface area contributed by atoms with Crippen LogP contribution in [0.25, 0.3) is 71.0 Å². The Kier molecular flexibility index (Phi) is 4.89. The Morgan fingerprint density at radius 1 is 0.425 bits per heavy atom. The number of hydrogen-bond acceptors (Lipinski definition) is 0. The number of hydrogen-bond donors (Lipinski definition) is 0. The Balaban J connectivity index is 1.62. The van der Waals surface area contributed by atoms with Crippen LogP contribution in [0.3, 0.4) is 0 Å². The SMILES string of the molecule is [C-]#[N+]c1ccccc1-n1c2cccc(-c3ccccc3)c2c2c(-n3c4ccccc4c4ccccc43)cccc21. The van der Waals surface area contributed by atoms with Crippen LogP contribution in [0.15, 0.2) is 140 Å². The molecule has 0 atom stereocenters. The molecule has 0 radical (unpaired) electrons. The van der Waals surface area contributed by atoms with Crippen molar-refractivity contribution in [1.82, 2.24) is 9.13 Å². The molecule has 0 aliphatic rings. The largest absolute Gasteiger partial charge is 0.319 e. The molecule has 3 nitrogen and oxygen atoms in total. The molecule has 0 N–H and O–H groups in total. The zero-order chi connectivity index (χ0) is 26.6. The molecular formula is C37H23N3. The number of para-hydroxylation sites is 4. The summed E-state index contributed by atoms with van der Waals surface area (Å²) < 4.78 is 4.67. The minimum Gasteiger partial charge on any atom is -0.319 e. The van der Waals surface area contributed by atoms with Gasteiger partial charge in [0, 0.05) is 21.5 Å². The second-order valence-corrected chi connectivity index (χ2v) is 10.0. The molecular weight excluding hydrogens is 486 g/mol. The van der Waals surface area contributed by atoms with Gasteiger partial charge in [-0.05, 0) is 47.5 Å². The van der Waals surface area contributed by atoms with Gasteiger partial charge in [0.25, 0.3) is 0 Å². The number of rotatable bonds is 3. The van der Waals surface area contributed by atoms with Gasteiger partial charge in [0.15, 0.2) is 0 Å². The maximum Gasteiger partial charge on any atom is 0.210 e. The number of aromatic nitrogens is 2. The smallest absolute Gasteiger partial charge is 0.210 e. The minimum atomic E-state index is 0.633. The highest BCUT2D eigenvalue weighted by Gasteiger charge is 2.22. The molecule has 0 aliphatic carbocycles. The van der Waals surface area contributed by atoms with E-state index in [1.165, 1.54) is 43.7 Å². The third-order valence-electron chi connectivity index (χ3n) is 7.94. The Morgan fingerprint density at radius 3 is 1.68 bits per heavy atom. The highest BCUT2D eigenvalue weighted by molar-refractivity contribution is 6.20. The summed E-state index contributed by atoms with van der Waals surface area (Å²) in [6, 6.07) is 48.8. The first-order chi connectivity index (χ1) is 19.8. The molecule has 8 aromatic rings. The molecule has 6 aromatic carbocycles. The van der Waals surface area contributed by atoms with E-state index in [0.717, 1.165) is 22.4 Å². The molecule has 2 heterocycles. The van der Waals surface area contributed by atoms with Gasteiger partial charge in [-0.15, -0.1) is 0 Å². The molecule has 0 unspecified atom stereocenters. The topological polar surface area (TPSA) is 14.2 Å². The van der Waals surface area contributed by atoms with E-state index >= 15 is 0 Å². The fourth-order valence-corrected chi connectivity index (χ4v) is 6.32. The maximum atomic E-state index is 7.92. The highest BCUT2D eigenvalue weighted by atomic mass is 15.0. The van der Waals surface area contributed by atoms with Crippen molar-refractivity contribution in [3.05, 3.63) is 151 Å². The van der Waals surface area contributed by atoms with Crippen LogP contribution in [0.4, 0.5) is 5.69 Å². The minimum absolute atomic E-state index is 0.633. The maximum absolute atomic E-state index is 7.92. The zero-order valence-electron chi connectivity index (χ0n) is 21.6. The molecule has 0 aliphatic heterocycles.